The summed E-state index contributed by atoms with van der Waals surface area (Å²) in [5.74, 6) is 1.43. The zero-order valence-electron chi connectivity index (χ0n) is 10.9. The molecule has 0 amide bonds. The number of hydrogen-bond donors (Lipinski definition) is 1. The number of rotatable bonds is 3. The van der Waals surface area contributed by atoms with Gasteiger partial charge in [0.15, 0.2) is 0 Å². The third kappa shape index (κ3) is 2.41. The predicted molar refractivity (Wildman–Crippen MR) is 72.5 cm³/mol. The van der Waals surface area contributed by atoms with Crippen molar-refractivity contribution in [1.82, 2.24) is 20.1 Å². The maximum atomic E-state index is 6.11. The van der Waals surface area contributed by atoms with Crippen LogP contribution in [0.5, 0.6) is 0 Å². The van der Waals surface area contributed by atoms with Gasteiger partial charge in [-0.25, -0.2) is 9.97 Å². The van der Waals surface area contributed by atoms with Crippen LogP contribution in [0, 0.1) is 6.92 Å². The fourth-order valence-electron chi connectivity index (χ4n) is 1.85. The van der Waals surface area contributed by atoms with Gasteiger partial charge in [-0.15, -0.1) is 0 Å². The van der Waals surface area contributed by atoms with Crippen LogP contribution in [0.4, 0.5) is 0 Å². The van der Waals surface area contributed by atoms with E-state index in [2.05, 4.69) is 20.1 Å². The first-order valence-corrected chi connectivity index (χ1v) is 6.18. The SMILES string of the molecule is Cc1nccc(-c2noc([C@H](N)c3ccccc3)n2)n1. The molecule has 2 aromatic heterocycles. The lowest BCUT2D eigenvalue weighted by Crippen LogP contribution is -2.12. The van der Waals surface area contributed by atoms with Crippen molar-refractivity contribution in [3.63, 3.8) is 0 Å². The molecule has 2 N–H and O–H groups in total. The molecule has 0 aliphatic rings. The number of benzene rings is 1. The van der Waals surface area contributed by atoms with Crippen molar-refractivity contribution >= 4 is 0 Å². The molecule has 0 saturated carbocycles. The van der Waals surface area contributed by atoms with Gasteiger partial charge in [0.1, 0.15) is 17.6 Å². The fourth-order valence-corrected chi connectivity index (χ4v) is 1.85. The molecular weight excluding hydrogens is 254 g/mol. The van der Waals surface area contributed by atoms with Gasteiger partial charge < -0.3 is 10.3 Å². The van der Waals surface area contributed by atoms with Gasteiger partial charge in [-0.3, -0.25) is 0 Å². The molecule has 0 aliphatic heterocycles. The average molecular weight is 267 g/mol. The molecule has 0 fully saturated rings. The quantitative estimate of drug-likeness (QED) is 0.779. The highest BCUT2D eigenvalue weighted by molar-refractivity contribution is 5.47. The van der Waals surface area contributed by atoms with Crippen LogP contribution in [0.2, 0.25) is 0 Å². The molecule has 3 aromatic rings. The van der Waals surface area contributed by atoms with Gasteiger partial charge in [0.2, 0.25) is 11.7 Å². The van der Waals surface area contributed by atoms with Crippen LogP contribution < -0.4 is 5.73 Å². The van der Waals surface area contributed by atoms with Crippen molar-refractivity contribution in [1.29, 1.82) is 0 Å². The first-order chi connectivity index (χ1) is 9.74. The summed E-state index contributed by atoms with van der Waals surface area (Å²) in [5, 5.41) is 3.92. The van der Waals surface area contributed by atoms with Gasteiger partial charge >= 0.3 is 0 Å². The lowest BCUT2D eigenvalue weighted by atomic mass is 10.1. The molecule has 100 valence electrons. The lowest BCUT2D eigenvalue weighted by molar-refractivity contribution is 0.367. The molecule has 20 heavy (non-hydrogen) atoms. The minimum absolute atomic E-state index is 0.363. The molecule has 6 heteroatoms. The van der Waals surface area contributed by atoms with Gasteiger partial charge in [0.05, 0.1) is 0 Å². The van der Waals surface area contributed by atoms with E-state index in [0.717, 1.165) is 5.56 Å². The summed E-state index contributed by atoms with van der Waals surface area (Å²) >= 11 is 0. The Morgan fingerprint density at radius 1 is 1.10 bits per heavy atom. The molecule has 0 saturated heterocycles. The Kier molecular flexibility index (Phi) is 3.22. The topological polar surface area (TPSA) is 90.7 Å². The van der Waals surface area contributed by atoms with Gasteiger partial charge in [-0.1, -0.05) is 35.5 Å². The van der Waals surface area contributed by atoms with Crippen molar-refractivity contribution in [2.45, 2.75) is 13.0 Å². The molecule has 6 nitrogen and oxygen atoms in total. The van der Waals surface area contributed by atoms with Crippen LogP contribution in [0.1, 0.15) is 23.3 Å². The van der Waals surface area contributed by atoms with Crippen LogP contribution in [0.3, 0.4) is 0 Å². The number of hydrogen-bond acceptors (Lipinski definition) is 6. The van der Waals surface area contributed by atoms with Gasteiger partial charge in [0, 0.05) is 6.20 Å². The zero-order chi connectivity index (χ0) is 13.9. The van der Waals surface area contributed by atoms with E-state index >= 15 is 0 Å². The fraction of sp³-hybridized carbons (Fsp3) is 0.143. The second kappa shape index (κ2) is 5.18. The van der Waals surface area contributed by atoms with Crippen LogP contribution >= 0.6 is 0 Å². The van der Waals surface area contributed by atoms with E-state index in [1.165, 1.54) is 0 Å². The van der Waals surface area contributed by atoms with Crippen molar-refractivity contribution in [3.05, 3.63) is 59.9 Å². The Bertz CT molecular complexity index is 710. The highest BCUT2D eigenvalue weighted by atomic mass is 16.5. The normalized spacial score (nSPS) is 12.3. The molecule has 0 radical (unpaired) electrons. The van der Waals surface area contributed by atoms with Gasteiger partial charge in [-0.05, 0) is 18.6 Å². The molecule has 1 aromatic carbocycles. The molecule has 0 unspecified atom stereocenters. The van der Waals surface area contributed by atoms with Crippen LogP contribution in [-0.4, -0.2) is 20.1 Å². The maximum absolute atomic E-state index is 6.11. The van der Waals surface area contributed by atoms with Crippen molar-refractivity contribution in [3.8, 4) is 11.5 Å². The summed E-state index contributed by atoms with van der Waals surface area (Å²) in [6.45, 7) is 1.81. The highest BCUT2D eigenvalue weighted by Crippen LogP contribution is 2.20. The monoisotopic (exact) mass is 267 g/mol. The molecule has 0 bridgehead atoms. The Hall–Kier alpha value is -2.60. The average Bonchev–Trinajstić information content (AvgIpc) is 2.97. The largest absolute Gasteiger partial charge is 0.337 e. The molecule has 2 heterocycles. The number of aryl methyl sites for hydroxylation is 1. The van der Waals surface area contributed by atoms with Crippen molar-refractivity contribution in [2.75, 3.05) is 0 Å². The second-order valence-electron chi connectivity index (χ2n) is 4.33. The summed E-state index contributed by atoms with van der Waals surface area (Å²) in [6.07, 6.45) is 1.66. The molecule has 0 aliphatic carbocycles. The third-order valence-electron chi connectivity index (χ3n) is 2.87. The van der Waals surface area contributed by atoms with E-state index in [4.69, 9.17) is 10.3 Å². The Morgan fingerprint density at radius 2 is 1.90 bits per heavy atom. The summed E-state index contributed by atoms with van der Waals surface area (Å²) in [7, 11) is 0. The predicted octanol–water partition coefficient (Wildman–Crippen LogP) is 1.88. The summed E-state index contributed by atoms with van der Waals surface area (Å²) in [5.41, 5.74) is 7.65. The van der Waals surface area contributed by atoms with Gasteiger partial charge in [0.25, 0.3) is 0 Å². The standard InChI is InChI=1S/C14H13N5O/c1-9-16-8-7-11(17-9)13-18-14(20-19-13)12(15)10-5-3-2-4-6-10/h2-8,12H,15H2,1H3/t12-/m1/s1. The van der Waals surface area contributed by atoms with E-state index in [1.807, 2.05) is 30.3 Å². The molecular formula is C14H13N5O. The van der Waals surface area contributed by atoms with E-state index in [-0.39, 0.29) is 0 Å². The first kappa shape index (κ1) is 12.4. The Labute approximate surface area is 115 Å². The number of nitrogens with zero attached hydrogens (tertiary/aromatic N) is 4. The molecule has 1 atom stereocenters. The smallest absolute Gasteiger partial charge is 0.248 e. The Balaban J connectivity index is 1.91. The minimum atomic E-state index is -0.444. The summed E-state index contributed by atoms with van der Waals surface area (Å²) in [6, 6.07) is 10.9. The van der Waals surface area contributed by atoms with Crippen LogP contribution in [-0.2, 0) is 0 Å². The third-order valence-corrected chi connectivity index (χ3v) is 2.87. The Morgan fingerprint density at radius 3 is 2.65 bits per heavy atom. The first-order valence-electron chi connectivity index (χ1n) is 6.18. The number of aromatic nitrogens is 4. The van der Waals surface area contributed by atoms with E-state index in [0.29, 0.717) is 23.2 Å². The summed E-state index contributed by atoms with van der Waals surface area (Å²) in [4.78, 5) is 12.6. The lowest BCUT2D eigenvalue weighted by Gasteiger charge is -2.05. The number of nitrogens with two attached hydrogens (primary N) is 1. The van der Waals surface area contributed by atoms with Crippen LogP contribution in [0.25, 0.3) is 11.5 Å². The minimum Gasteiger partial charge on any atom is -0.337 e. The van der Waals surface area contributed by atoms with Crippen molar-refractivity contribution in [2.24, 2.45) is 5.73 Å². The summed E-state index contributed by atoms with van der Waals surface area (Å²) < 4.78 is 5.23. The van der Waals surface area contributed by atoms with E-state index < -0.39 is 6.04 Å². The maximum Gasteiger partial charge on any atom is 0.248 e. The molecule has 0 spiro atoms. The zero-order valence-corrected chi connectivity index (χ0v) is 10.9. The highest BCUT2D eigenvalue weighted by Gasteiger charge is 2.17. The second-order valence-corrected chi connectivity index (χ2v) is 4.33. The van der Waals surface area contributed by atoms with Crippen LogP contribution in [0.15, 0.2) is 47.1 Å². The molecule has 3 rings (SSSR count). The van der Waals surface area contributed by atoms with Gasteiger partial charge in [-0.2, -0.15) is 4.98 Å². The van der Waals surface area contributed by atoms with E-state index in [9.17, 15) is 0 Å². The van der Waals surface area contributed by atoms with E-state index in [1.54, 1.807) is 19.2 Å². The van der Waals surface area contributed by atoms with Crippen molar-refractivity contribution < 1.29 is 4.52 Å².